The Balaban J connectivity index is 1.40. The second-order valence-electron chi connectivity index (χ2n) is 6.46. The third-order valence-corrected chi connectivity index (χ3v) is 5.98. The maximum Gasteiger partial charge on any atom is 0.235 e. The van der Waals surface area contributed by atoms with Crippen LogP contribution in [-0.4, -0.2) is 28.3 Å². The largest absolute Gasteiger partial charge is 0.310 e. The number of anilines is 2. The molecule has 3 rings (SSSR count). The Morgan fingerprint density at radius 3 is 1.50 bits per heavy atom. The molecule has 0 fully saturated rings. The number of aromatic nitrogens is 1. The summed E-state index contributed by atoms with van der Waals surface area (Å²) in [5.41, 5.74) is 2.37. The molecule has 5 nitrogen and oxygen atoms in total. The minimum absolute atomic E-state index is 0.120. The zero-order valence-corrected chi connectivity index (χ0v) is 18.0. The van der Waals surface area contributed by atoms with Gasteiger partial charge in [0.05, 0.1) is 11.5 Å². The first kappa shape index (κ1) is 21.9. The van der Waals surface area contributed by atoms with E-state index in [0.717, 1.165) is 11.5 Å². The van der Waals surface area contributed by atoms with Gasteiger partial charge in [-0.1, -0.05) is 66.7 Å². The molecule has 0 saturated carbocycles. The van der Waals surface area contributed by atoms with Gasteiger partial charge in [0.2, 0.25) is 11.8 Å². The quantitative estimate of drug-likeness (QED) is 0.476. The van der Waals surface area contributed by atoms with E-state index in [4.69, 9.17) is 0 Å². The summed E-state index contributed by atoms with van der Waals surface area (Å²) >= 11 is 3.09. The Hall–Kier alpha value is -2.77. The normalized spacial score (nSPS) is 10.4. The van der Waals surface area contributed by atoms with Crippen molar-refractivity contribution in [3.63, 3.8) is 0 Å². The van der Waals surface area contributed by atoms with Gasteiger partial charge in [0.1, 0.15) is 11.6 Å². The number of hydrogen-bond donors (Lipinski definition) is 2. The van der Waals surface area contributed by atoms with Crippen LogP contribution in [0.15, 0.2) is 78.9 Å². The Labute approximate surface area is 185 Å². The van der Waals surface area contributed by atoms with E-state index in [-0.39, 0.29) is 11.8 Å². The van der Waals surface area contributed by atoms with Crippen LogP contribution in [0, 0.1) is 0 Å². The van der Waals surface area contributed by atoms with Gasteiger partial charge in [-0.25, -0.2) is 4.98 Å². The molecule has 2 aromatic carbocycles. The summed E-state index contributed by atoms with van der Waals surface area (Å²) in [7, 11) is 0. The van der Waals surface area contributed by atoms with E-state index >= 15 is 0 Å². The van der Waals surface area contributed by atoms with Crippen molar-refractivity contribution in [2.75, 3.05) is 22.1 Å². The van der Waals surface area contributed by atoms with Crippen molar-refractivity contribution in [2.24, 2.45) is 0 Å². The van der Waals surface area contributed by atoms with Gasteiger partial charge >= 0.3 is 0 Å². The Morgan fingerprint density at radius 2 is 1.07 bits per heavy atom. The lowest BCUT2D eigenvalue weighted by Crippen LogP contribution is -2.18. The van der Waals surface area contributed by atoms with Crippen molar-refractivity contribution in [2.45, 2.75) is 11.5 Å². The first-order valence-corrected chi connectivity index (χ1v) is 11.8. The van der Waals surface area contributed by atoms with E-state index in [2.05, 4.69) is 15.6 Å². The van der Waals surface area contributed by atoms with E-state index < -0.39 is 0 Å². The van der Waals surface area contributed by atoms with Crippen LogP contribution < -0.4 is 10.6 Å². The molecule has 0 aliphatic carbocycles. The Bertz CT molecular complexity index is 878. The van der Waals surface area contributed by atoms with Crippen LogP contribution in [0.2, 0.25) is 0 Å². The third-order valence-electron chi connectivity index (χ3n) is 3.97. The number of nitrogens with zero attached hydrogens (tertiary/aromatic N) is 1. The predicted octanol–water partition coefficient (Wildman–Crippen LogP) is 4.83. The first-order valence-electron chi connectivity index (χ1n) is 9.49. The van der Waals surface area contributed by atoms with Crippen LogP contribution in [0.5, 0.6) is 0 Å². The van der Waals surface area contributed by atoms with Gasteiger partial charge in [0.25, 0.3) is 0 Å². The molecule has 0 radical (unpaired) electrons. The van der Waals surface area contributed by atoms with Gasteiger partial charge in [-0.15, -0.1) is 23.5 Å². The number of amides is 2. The zero-order chi connectivity index (χ0) is 21.0. The van der Waals surface area contributed by atoms with Crippen molar-refractivity contribution < 1.29 is 9.59 Å². The molecule has 0 spiro atoms. The van der Waals surface area contributed by atoms with Crippen LogP contribution >= 0.6 is 23.5 Å². The molecule has 7 heteroatoms. The molecule has 2 N–H and O–H groups in total. The number of benzene rings is 2. The maximum atomic E-state index is 12.1. The van der Waals surface area contributed by atoms with Gasteiger partial charge in [0.15, 0.2) is 0 Å². The van der Waals surface area contributed by atoms with Crippen LogP contribution in [0.4, 0.5) is 11.6 Å². The lowest BCUT2D eigenvalue weighted by Gasteiger charge is -2.08. The first-order chi connectivity index (χ1) is 14.7. The zero-order valence-electron chi connectivity index (χ0n) is 16.4. The van der Waals surface area contributed by atoms with Gasteiger partial charge < -0.3 is 10.6 Å². The summed E-state index contributed by atoms with van der Waals surface area (Å²) in [6, 6.07) is 25.2. The number of carbonyl (C=O) groups is 2. The minimum atomic E-state index is -0.120. The van der Waals surface area contributed by atoms with Gasteiger partial charge in [-0.3, -0.25) is 9.59 Å². The second-order valence-corrected chi connectivity index (χ2v) is 8.43. The molecular weight excluding hydrogens is 414 g/mol. The van der Waals surface area contributed by atoms with Gasteiger partial charge in [-0.05, 0) is 23.3 Å². The molecule has 3 aromatic rings. The van der Waals surface area contributed by atoms with Crippen LogP contribution in [0.3, 0.4) is 0 Å². The van der Waals surface area contributed by atoms with E-state index in [1.54, 1.807) is 41.7 Å². The highest BCUT2D eigenvalue weighted by Gasteiger charge is 2.07. The SMILES string of the molecule is O=C(CSCc1ccccc1)Nc1cccc(NC(=O)CSCc2ccccc2)n1. The molecule has 2 amide bonds. The lowest BCUT2D eigenvalue weighted by molar-refractivity contribution is -0.114. The average Bonchev–Trinajstić information content (AvgIpc) is 2.75. The number of nitrogens with one attached hydrogen (secondary N) is 2. The summed E-state index contributed by atoms with van der Waals surface area (Å²) in [5.74, 6) is 2.84. The summed E-state index contributed by atoms with van der Waals surface area (Å²) in [4.78, 5) is 28.6. The summed E-state index contributed by atoms with van der Waals surface area (Å²) in [5, 5.41) is 5.56. The monoisotopic (exact) mass is 437 g/mol. The Kier molecular flexibility index (Phi) is 8.80. The standard InChI is InChI=1S/C23H23N3O2S2/c27-22(16-29-14-18-8-3-1-4-9-18)25-20-12-7-13-21(24-20)26-23(28)17-30-15-19-10-5-2-6-11-19/h1-13H,14-17H2,(H2,24,25,26,27,28). The predicted molar refractivity (Wildman–Crippen MR) is 127 cm³/mol. The van der Waals surface area contributed by atoms with E-state index in [1.165, 1.54) is 11.1 Å². The highest BCUT2D eigenvalue weighted by molar-refractivity contribution is 7.99. The Morgan fingerprint density at radius 1 is 0.633 bits per heavy atom. The molecule has 0 unspecified atom stereocenters. The highest BCUT2D eigenvalue weighted by atomic mass is 32.2. The number of rotatable bonds is 10. The van der Waals surface area contributed by atoms with E-state index in [1.807, 2.05) is 60.7 Å². The van der Waals surface area contributed by atoms with Gasteiger partial charge in [-0.2, -0.15) is 0 Å². The van der Waals surface area contributed by atoms with Crippen LogP contribution in [-0.2, 0) is 21.1 Å². The van der Waals surface area contributed by atoms with Crippen LogP contribution in [0.25, 0.3) is 0 Å². The second kappa shape index (κ2) is 12.0. The maximum absolute atomic E-state index is 12.1. The van der Waals surface area contributed by atoms with E-state index in [0.29, 0.717) is 23.1 Å². The fourth-order valence-corrected chi connectivity index (χ4v) is 4.18. The minimum Gasteiger partial charge on any atom is -0.310 e. The van der Waals surface area contributed by atoms with Gasteiger partial charge in [0, 0.05) is 11.5 Å². The van der Waals surface area contributed by atoms with Crippen molar-refractivity contribution in [1.82, 2.24) is 4.98 Å². The number of thioether (sulfide) groups is 2. The summed E-state index contributed by atoms with van der Waals surface area (Å²) in [6.07, 6.45) is 0. The van der Waals surface area contributed by atoms with Crippen LogP contribution in [0.1, 0.15) is 11.1 Å². The lowest BCUT2D eigenvalue weighted by atomic mass is 10.2. The average molecular weight is 438 g/mol. The molecule has 1 aromatic heterocycles. The molecule has 1 heterocycles. The molecule has 154 valence electrons. The highest BCUT2D eigenvalue weighted by Crippen LogP contribution is 2.15. The molecule has 0 bridgehead atoms. The number of carbonyl (C=O) groups excluding carboxylic acids is 2. The van der Waals surface area contributed by atoms with Crippen molar-refractivity contribution in [3.05, 3.63) is 90.0 Å². The molecule has 0 aliphatic rings. The molecule has 30 heavy (non-hydrogen) atoms. The smallest absolute Gasteiger partial charge is 0.235 e. The number of hydrogen-bond acceptors (Lipinski definition) is 5. The summed E-state index contributed by atoms with van der Waals surface area (Å²) < 4.78 is 0. The van der Waals surface area contributed by atoms with Crippen molar-refractivity contribution in [1.29, 1.82) is 0 Å². The fourth-order valence-electron chi connectivity index (χ4n) is 2.60. The molecule has 0 aliphatic heterocycles. The molecule has 0 saturated heterocycles. The van der Waals surface area contributed by atoms with Crippen molar-refractivity contribution in [3.8, 4) is 0 Å². The summed E-state index contributed by atoms with van der Waals surface area (Å²) in [6.45, 7) is 0. The molecule has 0 atom stereocenters. The van der Waals surface area contributed by atoms with E-state index in [9.17, 15) is 9.59 Å². The topological polar surface area (TPSA) is 71.1 Å². The number of pyridine rings is 1. The molecular formula is C23H23N3O2S2. The van der Waals surface area contributed by atoms with Crippen molar-refractivity contribution >= 4 is 47.0 Å². The third kappa shape index (κ3) is 7.93. The fraction of sp³-hybridized carbons (Fsp3) is 0.174.